The van der Waals surface area contributed by atoms with Crippen LogP contribution in [0.2, 0.25) is 0 Å². The van der Waals surface area contributed by atoms with Crippen LogP contribution in [0.1, 0.15) is 26.7 Å². The Morgan fingerprint density at radius 1 is 1.33 bits per heavy atom. The van der Waals surface area contributed by atoms with E-state index < -0.39 is 32.4 Å². The molecule has 0 aromatic heterocycles. The van der Waals surface area contributed by atoms with Crippen molar-refractivity contribution in [3.63, 3.8) is 0 Å². The van der Waals surface area contributed by atoms with Gasteiger partial charge in [-0.1, -0.05) is 18.3 Å². The average Bonchev–Trinajstić information content (AvgIpc) is 3.22. The van der Waals surface area contributed by atoms with Crippen molar-refractivity contribution >= 4 is 15.8 Å². The average molecular weight is 319 g/mol. The summed E-state index contributed by atoms with van der Waals surface area (Å²) in [5, 5.41) is -1.06. The van der Waals surface area contributed by atoms with Gasteiger partial charge in [-0.2, -0.15) is 0 Å². The Morgan fingerprint density at radius 3 is 2.38 bits per heavy atom. The summed E-state index contributed by atoms with van der Waals surface area (Å²) >= 11 is 0. The molecular weight excluding hydrogens is 298 g/mol. The molecule has 3 aliphatic rings. The number of hydrogen-bond acceptors (Lipinski definition) is 6. The van der Waals surface area contributed by atoms with Gasteiger partial charge in [0.15, 0.2) is 18.8 Å². The summed E-state index contributed by atoms with van der Waals surface area (Å²) in [6.45, 7) is 3.77. The van der Waals surface area contributed by atoms with Crippen molar-refractivity contribution in [1.29, 1.82) is 0 Å². The predicted octanol–water partition coefficient (Wildman–Crippen LogP) is 0.514. The van der Waals surface area contributed by atoms with Gasteiger partial charge >= 0.3 is 0 Å². The lowest BCUT2D eigenvalue weighted by atomic mass is 9.68. The number of carbonyl (C=O) groups is 1. The van der Waals surface area contributed by atoms with E-state index in [1.54, 1.807) is 0 Å². The summed E-state index contributed by atoms with van der Waals surface area (Å²) in [6.07, 6.45) is 0.706. The highest BCUT2D eigenvalue weighted by Gasteiger charge is 2.75. The molecule has 2 saturated carbocycles. The number of hydrogen-bond donors (Lipinski definition) is 0. The third kappa shape index (κ3) is 1.68. The third-order valence-electron chi connectivity index (χ3n) is 5.84. The molecule has 5 unspecified atom stereocenters. The van der Waals surface area contributed by atoms with Gasteiger partial charge in [0.05, 0.1) is 0 Å². The van der Waals surface area contributed by atoms with Crippen LogP contribution in [0.25, 0.3) is 0 Å². The van der Waals surface area contributed by atoms with E-state index in [2.05, 4.69) is 0 Å². The monoisotopic (exact) mass is 319 g/mol. The molecule has 8 heteroatoms. The van der Waals surface area contributed by atoms with E-state index in [-0.39, 0.29) is 18.4 Å². The minimum absolute atomic E-state index is 0.0320. The number of fused-ring (bicyclic) bond motifs is 2. The predicted molar refractivity (Wildman–Crippen MR) is 72.2 cm³/mol. The number of nitrogens with zero attached hydrogens (tertiary/aromatic N) is 1. The number of Topliss-reactive ketones (excluding diaryl/α,β-unsaturated/α-hetero) is 1. The van der Waals surface area contributed by atoms with Crippen LogP contribution >= 0.6 is 0 Å². The quantitative estimate of drug-likeness (QED) is 0.542. The second kappa shape index (κ2) is 4.48. The molecule has 1 heterocycles. The van der Waals surface area contributed by atoms with Crippen LogP contribution in [-0.4, -0.2) is 51.2 Å². The SMILES string of the molecule is COC(OC)C1(C)C2CCC1(C)C(=O)C2S(=O)(=O)N1CO1. The number of methoxy groups -OCH3 is 2. The van der Waals surface area contributed by atoms with Crippen molar-refractivity contribution < 1.29 is 27.5 Å². The van der Waals surface area contributed by atoms with E-state index in [9.17, 15) is 13.2 Å². The van der Waals surface area contributed by atoms with Crippen LogP contribution in [0.5, 0.6) is 0 Å². The number of sulfonamides is 1. The first kappa shape index (κ1) is 15.4. The molecule has 3 fully saturated rings. The molecule has 0 aromatic rings. The van der Waals surface area contributed by atoms with Gasteiger partial charge in [-0.15, -0.1) is 0 Å². The van der Waals surface area contributed by atoms with Crippen LogP contribution in [0.3, 0.4) is 0 Å². The second-order valence-electron chi connectivity index (χ2n) is 6.45. The molecule has 7 nitrogen and oxygen atoms in total. The van der Waals surface area contributed by atoms with E-state index in [1.807, 2.05) is 13.8 Å². The Balaban J connectivity index is 2.08. The molecule has 0 N–H and O–H groups in total. The Morgan fingerprint density at radius 2 is 1.90 bits per heavy atom. The molecule has 0 radical (unpaired) electrons. The van der Waals surface area contributed by atoms with Crippen LogP contribution in [0.4, 0.5) is 0 Å². The smallest absolute Gasteiger partial charge is 0.248 e. The molecule has 0 spiro atoms. The maximum Gasteiger partial charge on any atom is 0.248 e. The van der Waals surface area contributed by atoms with Gasteiger partial charge < -0.3 is 9.47 Å². The van der Waals surface area contributed by atoms with E-state index in [0.717, 1.165) is 4.47 Å². The third-order valence-corrected chi connectivity index (χ3v) is 7.80. The number of hydroxylamine groups is 1. The summed E-state index contributed by atoms with van der Waals surface area (Å²) in [5.41, 5.74) is -1.43. The first-order valence-electron chi connectivity index (χ1n) is 6.99. The highest BCUT2D eigenvalue weighted by atomic mass is 32.2. The topological polar surface area (TPSA) is 85.2 Å². The van der Waals surface area contributed by atoms with Crippen molar-refractivity contribution in [3.8, 4) is 0 Å². The molecule has 5 atom stereocenters. The van der Waals surface area contributed by atoms with Gasteiger partial charge in [0.1, 0.15) is 5.25 Å². The second-order valence-corrected chi connectivity index (χ2v) is 8.40. The molecule has 0 aromatic carbocycles. The maximum atomic E-state index is 12.8. The lowest BCUT2D eigenvalue weighted by Crippen LogP contribution is -2.46. The highest BCUT2D eigenvalue weighted by Crippen LogP contribution is 2.67. The van der Waals surface area contributed by atoms with Crippen molar-refractivity contribution in [3.05, 3.63) is 0 Å². The van der Waals surface area contributed by atoms with Crippen LogP contribution in [0, 0.1) is 16.7 Å². The van der Waals surface area contributed by atoms with Gasteiger partial charge in [0.2, 0.25) is 10.0 Å². The molecule has 1 aliphatic heterocycles. The molecule has 1 saturated heterocycles. The van der Waals surface area contributed by atoms with Crippen molar-refractivity contribution in [2.24, 2.45) is 16.7 Å². The zero-order valence-electron chi connectivity index (χ0n) is 12.7. The van der Waals surface area contributed by atoms with E-state index >= 15 is 0 Å². The number of carbonyl (C=O) groups excluding carboxylic acids is 1. The van der Waals surface area contributed by atoms with Gasteiger partial charge in [-0.25, -0.2) is 8.42 Å². The van der Waals surface area contributed by atoms with Crippen molar-refractivity contribution in [2.45, 2.75) is 38.2 Å². The fourth-order valence-corrected chi connectivity index (χ4v) is 6.39. The lowest BCUT2D eigenvalue weighted by Gasteiger charge is -2.41. The fourth-order valence-electron chi connectivity index (χ4n) is 4.43. The Kier molecular flexibility index (Phi) is 3.28. The molecule has 120 valence electrons. The number of rotatable bonds is 5. The minimum atomic E-state index is -3.75. The van der Waals surface area contributed by atoms with E-state index in [4.69, 9.17) is 14.3 Å². The van der Waals surface area contributed by atoms with Gasteiger partial charge in [0.25, 0.3) is 0 Å². The largest absolute Gasteiger partial charge is 0.355 e. The summed E-state index contributed by atoms with van der Waals surface area (Å²) < 4.78 is 36.8. The first-order chi connectivity index (χ1) is 9.75. The number of ether oxygens (including phenoxy) is 2. The molecule has 3 rings (SSSR count). The zero-order valence-corrected chi connectivity index (χ0v) is 13.5. The number of ketones is 1. The maximum absolute atomic E-state index is 12.8. The van der Waals surface area contributed by atoms with Crippen LogP contribution < -0.4 is 0 Å². The zero-order chi connectivity index (χ0) is 15.6. The van der Waals surface area contributed by atoms with Gasteiger partial charge in [-0.05, 0) is 18.8 Å². The summed E-state index contributed by atoms with van der Waals surface area (Å²) in [4.78, 5) is 17.6. The van der Waals surface area contributed by atoms with E-state index in [1.165, 1.54) is 14.2 Å². The molecule has 2 bridgehead atoms. The standard InChI is InChI=1S/C13H21NO6S/c1-12-6-5-8(13(12,2)11(18-3)19-4)9(10(12)15)21(16,17)14-7-20-14/h8-9,11H,5-7H2,1-4H3. The highest BCUT2D eigenvalue weighted by molar-refractivity contribution is 7.90. The molecule has 0 amide bonds. The normalized spacial score (nSPS) is 45.6. The van der Waals surface area contributed by atoms with Gasteiger partial charge in [-0.3, -0.25) is 9.63 Å². The summed E-state index contributed by atoms with van der Waals surface area (Å²) in [5.74, 6) is -0.565. The van der Waals surface area contributed by atoms with Crippen LogP contribution in [0.15, 0.2) is 0 Å². The van der Waals surface area contributed by atoms with Crippen molar-refractivity contribution in [1.82, 2.24) is 4.47 Å². The molecule has 2 aliphatic carbocycles. The Bertz CT molecular complexity index is 569. The molecule has 21 heavy (non-hydrogen) atoms. The van der Waals surface area contributed by atoms with E-state index in [0.29, 0.717) is 12.8 Å². The minimum Gasteiger partial charge on any atom is -0.355 e. The Labute approximate surface area is 124 Å². The summed E-state index contributed by atoms with van der Waals surface area (Å²) in [6, 6.07) is 0. The molecular formula is C13H21NO6S. The fraction of sp³-hybridized carbons (Fsp3) is 0.923. The Hall–Kier alpha value is -0.540. The first-order valence-corrected chi connectivity index (χ1v) is 8.50. The van der Waals surface area contributed by atoms with Gasteiger partial charge in [0, 0.05) is 25.0 Å². The summed E-state index contributed by atoms with van der Waals surface area (Å²) in [7, 11) is -0.722. The van der Waals surface area contributed by atoms with Crippen molar-refractivity contribution in [2.75, 3.05) is 21.0 Å². The lowest BCUT2D eigenvalue weighted by molar-refractivity contribution is -0.202. The van der Waals surface area contributed by atoms with Crippen LogP contribution in [-0.2, 0) is 29.1 Å².